The smallest absolute Gasteiger partial charge is 0.326 e. The normalized spacial score (nSPS) is 20.9. The summed E-state index contributed by atoms with van der Waals surface area (Å²) in [4.78, 5) is 49.5. The second-order valence-electron chi connectivity index (χ2n) is 6.37. The van der Waals surface area contributed by atoms with Crippen LogP contribution >= 0.6 is 34.8 Å². The number of nitrogens with one attached hydrogen (secondary N) is 1. The number of hydrogen-bond donors (Lipinski definition) is 1. The number of halogens is 3. The van der Waals surface area contributed by atoms with Crippen molar-refractivity contribution in [1.29, 1.82) is 0 Å². The number of esters is 1. The van der Waals surface area contributed by atoms with Gasteiger partial charge < -0.3 is 10.1 Å². The van der Waals surface area contributed by atoms with E-state index in [2.05, 4.69) is 5.32 Å². The second-order valence-corrected chi connectivity index (χ2v) is 7.60. The van der Waals surface area contributed by atoms with Crippen molar-refractivity contribution >= 4 is 64.2 Å². The highest BCUT2D eigenvalue weighted by molar-refractivity contribution is 6.44. The minimum atomic E-state index is -0.858. The first kappa shape index (κ1) is 20.6. The van der Waals surface area contributed by atoms with Gasteiger partial charge in [-0.25, -0.2) is 0 Å². The Labute approximate surface area is 175 Å². The molecule has 3 amide bonds. The van der Waals surface area contributed by atoms with Gasteiger partial charge in [0, 0.05) is 0 Å². The summed E-state index contributed by atoms with van der Waals surface area (Å²) in [6.45, 7) is -1.13. The number of likely N-dealkylation sites (tertiary alicyclic amines) is 1. The van der Waals surface area contributed by atoms with Gasteiger partial charge in [0.15, 0.2) is 6.61 Å². The number of carbonyl (C=O) groups excluding carboxylic acids is 4. The Morgan fingerprint density at radius 3 is 2.18 bits per heavy atom. The minimum absolute atomic E-state index is 0.165. The number of nitrogens with zero attached hydrogens (tertiary/aromatic N) is 1. The van der Waals surface area contributed by atoms with E-state index in [4.69, 9.17) is 39.5 Å². The van der Waals surface area contributed by atoms with Gasteiger partial charge in [-0.2, -0.15) is 0 Å². The van der Waals surface area contributed by atoms with Crippen LogP contribution in [0.2, 0.25) is 15.1 Å². The molecule has 3 rings (SSSR count). The average molecular weight is 446 g/mol. The topological polar surface area (TPSA) is 92.8 Å². The van der Waals surface area contributed by atoms with Crippen molar-refractivity contribution in [2.45, 2.75) is 12.8 Å². The molecular formula is C18H15Cl3N2O5. The Bertz CT molecular complexity index is 860. The van der Waals surface area contributed by atoms with E-state index in [9.17, 15) is 19.2 Å². The number of rotatable bonds is 5. The van der Waals surface area contributed by atoms with Crippen molar-refractivity contribution in [3.8, 4) is 0 Å². The van der Waals surface area contributed by atoms with Crippen LogP contribution in [-0.2, 0) is 23.9 Å². The van der Waals surface area contributed by atoms with Gasteiger partial charge in [-0.1, -0.05) is 47.0 Å². The number of ether oxygens (including phenoxy) is 1. The number of fused-ring (bicyclic) bond motifs is 1. The van der Waals surface area contributed by atoms with Crippen LogP contribution in [0.5, 0.6) is 0 Å². The van der Waals surface area contributed by atoms with Crippen LogP contribution in [0.4, 0.5) is 5.69 Å². The summed E-state index contributed by atoms with van der Waals surface area (Å²) < 4.78 is 4.87. The van der Waals surface area contributed by atoms with E-state index >= 15 is 0 Å². The average Bonchev–Trinajstić information content (AvgIpc) is 2.90. The van der Waals surface area contributed by atoms with E-state index in [0.29, 0.717) is 12.8 Å². The second kappa shape index (κ2) is 8.51. The molecule has 2 aliphatic rings. The quantitative estimate of drug-likeness (QED) is 0.325. The van der Waals surface area contributed by atoms with E-state index in [-0.39, 0.29) is 32.6 Å². The first-order chi connectivity index (χ1) is 13.3. The molecule has 0 aromatic heterocycles. The number of imide groups is 1. The molecule has 2 atom stereocenters. The zero-order chi connectivity index (χ0) is 20.4. The zero-order valence-corrected chi connectivity index (χ0v) is 16.7. The Kier molecular flexibility index (Phi) is 6.27. The lowest BCUT2D eigenvalue weighted by Crippen LogP contribution is -2.37. The van der Waals surface area contributed by atoms with Crippen molar-refractivity contribution in [1.82, 2.24) is 4.90 Å². The van der Waals surface area contributed by atoms with Crippen LogP contribution in [0.1, 0.15) is 12.8 Å². The van der Waals surface area contributed by atoms with Gasteiger partial charge in [-0.05, 0) is 25.0 Å². The van der Waals surface area contributed by atoms with Crippen LogP contribution in [-0.4, -0.2) is 41.7 Å². The molecule has 0 spiro atoms. The summed E-state index contributed by atoms with van der Waals surface area (Å²) in [5, 5.41) is 3.03. The molecule has 28 heavy (non-hydrogen) atoms. The lowest BCUT2D eigenvalue weighted by atomic mass is 9.85. The van der Waals surface area contributed by atoms with E-state index in [0.717, 1.165) is 4.90 Å². The fourth-order valence-corrected chi connectivity index (χ4v) is 3.74. The SMILES string of the molecule is O=C(COC(=O)CN1C(=O)C2CC=CCC2C1=O)Nc1cc(Cl)c(Cl)cc1Cl. The molecule has 7 nitrogen and oxygen atoms in total. The van der Waals surface area contributed by atoms with Crippen LogP contribution in [0.25, 0.3) is 0 Å². The summed E-state index contributed by atoms with van der Waals surface area (Å²) >= 11 is 17.6. The molecule has 2 unspecified atom stereocenters. The van der Waals surface area contributed by atoms with Crippen molar-refractivity contribution in [2.75, 3.05) is 18.5 Å². The molecular weight excluding hydrogens is 431 g/mol. The first-order valence-electron chi connectivity index (χ1n) is 8.38. The number of hydrogen-bond acceptors (Lipinski definition) is 5. The molecule has 1 saturated heterocycles. The van der Waals surface area contributed by atoms with Crippen molar-refractivity contribution in [2.24, 2.45) is 11.8 Å². The largest absolute Gasteiger partial charge is 0.454 e. The van der Waals surface area contributed by atoms with E-state index in [1.165, 1.54) is 12.1 Å². The summed E-state index contributed by atoms with van der Waals surface area (Å²) in [5.74, 6) is -3.14. The highest BCUT2D eigenvalue weighted by atomic mass is 35.5. The lowest BCUT2D eigenvalue weighted by Gasteiger charge is -2.14. The molecule has 1 aromatic carbocycles. The van der Waals surface area contributed by atoms with Crippen LogP contribution in [0.15, 0.2) is 24.3 Å². The van der Waals surface area contributed by atoms with Gasteiger partial charge in [0.1, 0.15) is 6.54 Å². The van der Waals surface area contributed by atoms with Gasteiger partial charge in [0.25, 0.3) is 5.91 Å². The monoisotopic (exact) mass is 444 g/mol. The molecule has 1 aliphatic carbocycles. The number of carbonyl (C=O) groups is 4. The van der Waals surface area contributed by atoms with E-state index < -0.39 is 36.9 Å². The Morgan fingerprint density at radius 1 is 1.00 bits per heavy atom. The van der Waals surface area contributed by atoms with E-state index in [1.54, 1.807) is 0 Å². The number of anilines is 1. The molecule has 1 aliphatic heterocycles. The maximum absolute atomic E-state index is 12.3. The van der Waals surface area contributed by atoms with Gasteiger partial charge >= 0.3 is 5.97 Å². The minimum Gasteiger partial charge on any atom is -0.454 e. The maximum Gasteiger partial charge on any atom is 0.326 e. The first-order valence-corrected chi connectivity index (χ1v) is 9.51. The van der Waals surface area contributed by atoms with Crippen LogP contribution in [0.3, 0.4) is 0 Å². The third-order valence-corrected chi connectivity index (χ3v) is 5.57. The molecule has 148 valence electrons. The number of amides is 3. The van der Waals surface area contributed by atoms with Crippen LogP contribution in [0, 0.1) is 11.8 Å². The number of benzene rings is 1. The van der Waals surface area contributed by atoms with Crippen molar-refractivity contribution in [3.05, 3.63) is 39.4 Å². The van der Waals surface area contributed by atoms with E-state index in [1.807, 2.05) is 12.2 Å². The zero-order valence-electron chi connectivity index (χ0n) is 14.4. The third-order valence-electron chi connectivity index (χ3n) is 4.53. The Hall–Kier alpha value is -2.09. The van der Waals surface area contributed by atoms with Crippen molar-refractivity contribution in [3.63, 3.8) is 0 Å². The van der Waals surface area contributed by atoms with Gasteiger partial charge in [0.2, 0.25) is 11.8 Å². The Morgan fingerprint density at radius 2 is 1.57 bits per heavy atom. The predicted octanol–water partition coefficient (Wildman–Crippen LogP) is 3.08. The van der Waals surface area contributed by atoms with Gasteiger partial charge in [-0.3, -0.25) is 24.1 Å². The Balaban J connectivity index is 1.52. The highest BCUT2D eigenvalue weighted by Gasteiger charge is 2.47. The standard InChI is InChI=1S/C18H15Cl3N2O5/c19-11-5-13(21)14(6-12(11)20)22-15(24)8-28-16(25)7-23-17(26)9-3-1-2-4-10(9)18(23)27/h1-2,5-6,9-10H,3-4,7-8H2,(H,22,24). The third kappa shape index (κ3) is 4.32. The molecule has 1 fully saturated rings. The highest BCUT2D eigenvalue weighted by Crippen LogP contribution is 2.35. The fourth-order valence-electron chi connectivity index (χ4n) is 3.15. The molecule has 0 saturated carbocycles. The predicted molar refractivity (Wildman–Crippen MR) is 103 cm³/mol. The van der Waals surface area contributed by atoms with Gasteiger partial charge in [0.05, 0.1) is 32.6 Å². The summed E-state index contributed by atoms with van der Waals surface area (Å²) in [6, 6.07) is 2.73. The van der Waals surface area contributed by atoms with Crippen LogP contribution < -0.4 is 5.32 Å². The molecule has 1 aromatic rings. The van der Waals surface area contributed by atoms with Crippen molar-refractivity contribution < 1.29 is 23.9 Å². The summed E-state index contributed by atoms with van der Waals surface area (Å²) in [5.41, 5.74) is 0.207. The summed E-state index contributed by atoms with van der Waals surface area (Å²) in [7, 11) is 0. The molecule has 1 heterocycles. The lowest BCUT2D eigenvalue weighted by molar-refractivity contribution is -0.154. The number of allylic oxidation sites excluding steroid dienone is 2. The molecule has 1 N–H and O–H groups in total. The maximum atomic E-state index is 12.3. The van der Waals surface area contributed by atoms with Gasteiger partial charge in [-0.15, -0.1) is 0 Å². The molecule has 0 radical (unpaired) electrons. The fraction of sp³-hybridized carbons (Fsp3) is 0.333. The molecule has 10 heteroatoms. The molecule has 0 bridgehead atoms. The summed E-state index contributed by atoms with van der Waals surface area (Å²) in [6.07, 6.45) is 4.67.